The molecule has 0 saturated carbocycles. The maximum Gasteiger partial charge on any atom is 0.165 e. The molecule has 3 nitrogen and oxygen atoms in total. The Kier molecular flexibility index (Phi) is 4.55. The molecule has 0 amide bonds. The third kappa shape index (κ3) is 3.21. The molecule has 1 aromatic rings. The Morgan fingerprint density at radius 2 is 2.11 bits per heavy atom. The zero-order chi connectivity index (χ0) is 13.0. The van der Waals surface area contributed by atoms with Gasteiger partial charge in [0.15, 0.2) is 11.6 Å². The maximum atomic E-state index is 13.7. The molecule has 4 heteroatoms. The van der Waals surface area contributed by atoms with E-state index in [1.165, 1.54) is 6.07 Å². The van der Waals surface area contributed by atoms with Crippen LogP contribution in [0.25, 0.3) is 0 Å². The van der Waals surface area contributed by atoms with Crippen LogP contribution in [0.4, 0.5) is 4.39 Å². The topological polar surface area (TPSA) is 38.5 Å². The lowest BCUT2D eigenvalue weighted by Crippen LogP contribution is -2.38. The lowest BCUT2D eigenvalue weighted by Gasteiger charge is -2.31. The van der Waals surface area contributed by atoms with Gasteiger partial charge in [-0.25, -0.2) is 4.39 Å². The van der Waals surface area contributed by atoms with Crippen LogP contribution in [0.15, 0.2) is 18.2 Å². The largest absolute Gasteiger partial charge is 0.487 e. The quantitative estimate of drug-likeness (QED) is 0.892. The number of nitrogens with zero attached hydrogens (tertiary/aromatic N) is 1. The molecule has 18 heavy (non-hydrogen) atoms. The van der Waals surface area contributed by atoms with Gasteiger partial charge in [-0.05, 0) is 37.1 Å². The molecule has 0 aromatic heterocycles. The van der Waals surface area contributed by atoms with Crippen LogP contribution in [-0.4, -0.2) is 30.6 Å². The summed E-state index contributed by atoms with van der Waals surface area (Å²) in [6, 6.07) is 4.96. The average Bonchev–Trinajstić information content (AvgIpc) is 2.42. The molecule has 1 heterocycles. The van der Waals surface area contributed by atoms with Crippen LogP contribution in [0.1, 0.15) is 25.3 Å². The first kappa shape index (κ1) is 13.3. The van der Waals surface area contributed by atoms with Crippen molar-refractivity contribution in [1.29, 1.82) is 0 Å². The molecule has 0 bridgehead atoms. The monoisotopic (exact) mass is 252 g/mol. The zero-order valence-corrected chi connectivity index (χ0v) is 10.9. The average molecular weight is 252 g/mol. The number of hydrogen-bond acceptors (Lipinski definition) is 3. The molecular formula is C14H21FN2O. The van der Waals surface area contributed by atoms with Crippen LogP contribution in [0, 0.1) is 5.82 Å². The van der Waals surface area contributed by atoms with E-state index in [0.717, 1.165) is 38.0 Å². The molecule has 2 N–H and O–H groups in total. The second kappa shape index (κ2) is 6.16. The second-order valence-corrected chi connectivity index (χ2v) is 4.72. The number of piperidine rings is 1. The zero-order valence-electron chi connectivity index (χ0n) is 10.9. The summed E-state index contributed by atoms with van der Waals surface area (Å²) in [5, 5.41) is 0. The molecule has 0 spiro atoms. The van der Waals surface area contributed by atoms with Gasteiger partial charge in [-0.15, -0.1) is 0 Å². The summed E-state index contributed by atoms with van der Waals surface area (Å²) in [7, 11) is 0. The molecule has 1 aliphatic heterocycles. The fourth-order valence-electron chi connectivity index (χ4n) is 2.29. The van der Waals surface area contributed by atoms with E-state index >= 15 is 0 Å². The highest BCUT2D eigenvalue weighted by atomic mass is 19.1. The Hall–Kier alpha value is -1.13. The van der Waals surface area contributed by atoms with E-state index in [1.54, 1.807) is 6.07 Å². The van der Waals surface area contributed by atoms with Gasteiger partial charge in [0.2, 0.25) is 0 Å². The van der Waals surface area contributed by atoms with Crippen molar-refractivity contribution in [1.82, 2.24) is 4.90 Å². The minimum atomic E-state index is -0.309. The van der Waals surface area contributed by atoms with E-state index in [4.69, 9.17) is 10.5 Å². The van der Waals surface area contributed by atoms with Gasteiger partial charge in [-0.3, -0.25) is 0 Å². The summed E-state index contributed by atoms with van der Waals surface area (Å²) in [5.74, 6) is 0.0398. The number of halogens is 1. The molecule has 2 rings (SSSR count). The van der Waals surface area contributed by atoms with Crippen molar-refractivity contribution in [2.75, 3.05) is 19.6 Å². The lowest BCUT2D eigenvalue weighted by atomic mass is 10.1. The Labute approximate surface area is 108 Å². The van der Waals surface area contributed by atoms with Gasteiger partial charge in [-0.1, -0.05) is 13.0 Å². The maximum absolute atomic E-state index is 13.7. The molecule has 0 unspecified atom stereocenters. The van der Waals surface area contributed by atoms with Gasteiger partial charge in [0.25, 0.3) is 0 Å². The summed E-state index contributed by atoms with van der Waals surface area (Å²) in [4.78, 5) is 2.38. The Morgan fingerprint density at radius 1 is 1.39 bits per heavy atom. The number of nitrogens with two attached hydrogens (primary N) is 1. The summed E-state index contributed by atoms with van der Waals surface area (Å²) in [5.41, 5.74) is 6.26. The number of ether oxygens (including phenoxy) is 1. The first-order chi connectivity index (χ1) is 8.72. The predicted molar refractivity (Wildman–Crippen MR) is 70.1 cm³/mol. The second-order valence-electron chi connectivity index (χ2n) is 4.72. The lowest BCUT2D eigenvalue weighted by molar-refractivity contribution is 0.100. The van der Waals surface area contributed by atoms with Crippen LogP contribution in [0.3, 0.4) is 0 Å². The van der Waals surface area contributed by atoms with Gasteiger partial charge in [-0.2, -0.15) is 0 Å². The number of benzene rings is 1. The molecular weight excluding hydrogens is 231 g/mol. The van der Waals surface area contributed by atoms with Gasteiger partial charge in [0.05, 0.1) is 0 Å². The highest BCUT2D eigenvalue weighted by Gasteiger charge is 2.20. The van der Waals surface area contributed by atoms with E-state index in [0.29, 0.717) is 12.3 Å². The minimum Gasteiger partial charge on any atom is -0.487 e. The third-order valence-electron chi connectivity index (χ3n) is 3.51. The number of hydrogen-bond donors (Lipinski definition) is 1. The number of rotatable bonds is 4. The highest BCUT2D eigenvalue weighted by molar-refractivity contribution is 5.29. The van der Waals surface area contributed by atoms with Gasteiger partial charge in [0.1, 0.15) is 6.10 Å². The molecule has 100 valence electrons. The van der Waals surface area contributed by atoms with Crippen LogP contribution in [-0.2, 0) is 6.54 Å². The fraction of sp³-hybridized carbons (Fsp3) is 0.571. The number of likely N-dealkylation sites (tertiary alicyclic amines) is 1. The molecule has 0 aliphatic carbocycles. The highest BCUT2D eigenvalue weighted by Crippen LogP contribution is 2.23. The Bertz CT molecular complexity index is 389. The Morgan fingerprint density at radius 3 is 2.67 bits per heavy atom. The van der Waals surface area contributed by atoms with E-state index in [2.05, 4.69) is 11.8 Å². The summed E-state index contributed by atoms with van der Waals surface area (Å²) < 4.78 is 19.5. The van der Waals surface area contributed by atoms with E-state index in [-0.39, 0.29) is 11.9 Å². The molecule has 1 aromatic carbocycles. The molecule has 1 aliphatic rings. The van der Waals surface area contributed by atoms with Crippen LogP contribution < -0.4 is 10.5 Å². The molecule has 0 radical (unpaired) electrons. The van der Waals surface area contributed by atoms with Gasteiger partial charge < -0.3 is 15.4 Å². The van der Waals surface area contributed by atoms with E-state index in [1.807, 2.05) is 6.07 Å². The molecule has 1 fully saturated rings. The first-order valence-electron chi connectivity index (χ1n) is 6.60. The summed E-state index contributed by atoms with van der Waals surface area (Å²) >= 11 is 0. The predicted octanol–water partition coefficient (Wildman–Crippen LogP) is 2.15. The third-order valence-corrected chi connectivity index (χ3v) is 3.51. The smallest absolute Gasteiger partial charge is 0.165 e. The summed E-state index contributed by atoms with van der Waals surface area (Å²) in [6.45, 7) is 5.65. The van der Waals surface area contributed by atoms with E-state index < -0.39 is 0 Å². The van der Waals surface area contributed by atoms with Crippen molar-refractivity contribution >= 4 is 0 Å². The van der Waals surface area contributed by atoms with Crippen molar-refractivity contribution < 1.29 is 9.13 Å². The van der Waals surface area contributed by atoms with Gasteiger partial charge in [0, 0.05) is 19.6 Å². The van der Waals surface area contributed by atoms with E-state index in [9.17, 15) is 4.39 Å². The van der Waals surface area contributed by atoms with Gasteiger partial charge >= 0.3 is 0 Å². The van der Waals surface area contributed by atoms with Crippen molar-refractivity contribution in [3.05, 3.63) is 29.6 Å². The summed E-state index contributed by atoms with van der Waals surface area (Å²) in [6.07, 6.45) is 2.06. The van der Waals surface area contributed by atoms with Crippen LogP contribution >= 0.6 is 0 Å². The molecule has 1 saturated heterocycles. The van der Waals surface area contributed by atoms with Crippen molar-refractivity contribution in [3.63, 3.8) is 0 Å². The Balaban J connectivity index is 1.94. The normalized spacial score (nSPS) is 17.9. The van der Waals surface area contributed by atoms with Crippen molar-refractivity contribution in [2.24, 2.45) is 5.73 Å². The fourth-order valence-corrected chi connectivity index (χ4v) is 2.29. The minimum absolute atomic E-state index is 0.131. The SMILES string of the molecule is CCN1CCC(Oc2ccc(CN)cc2F)CC1. The van der Waals surface area contributed by atoms with Crippen molar-refractivity contribution in [3.8, 4) is 5.75 Å². The first-order valence-corrected chi connectivity index (χ1v) is 6.60. The molecule has 0 atom stereocenters. The van der Waals surface area contributed by atoms with Crippen molar-refractivity contribution in [2.45, 2.75) is 32.4 Å². The standard InChI is InChI=1S/C14H21FN2O/c1-2-17-7-5-12(6-8-17)18-14-4-3-11(10-16)9-13(14)15/h3-4,9,12H,2,5-8,10,16H2,1H3. The van der Waals surface area contributed by atoms with Crippen LogP contribution in [0.5, 0.6) is 5.75 Å². The van der Waals surface area contributed by atoms with Crippen LogP contribution in [0.2, 0.25) is 0 Å².